The van der Waals surface area contributed by atoms with Crippen LogP contribution >= 0.6 is 0 Å². The van der Waals surface area contributed by atoms with Gasteiger partial charge >= 0.3 is 12.1 Å². The molecule has 2 rings (SSSR count). The molecule has 1 aliphatic carbocycles. The quantitative estimate of drug-likeness (QED) is 0.623. The second-order valence-electron chi connectivity index (χ2n) is 4.59. The van der Waals surface area contributed by atoms with Crippen molar-refractivity contribution in [2.75, 3.05) is 7.11 Å². The van der Waals surface area contributed by atoms with Crippen LogP contribution in [0, 0.1) is 17.1 Å². The fourth-order valence-electron chi connectivity index (χ4n) is 2.17. The molecule has 3 nitrogen and oxygen atoms in total. The third-order valence-corrected chi connectivity index (χ3v) is 3.37. The van der Waals surface area contributed by atoms with Crippen molar-refractivity contribution in [2.45, 2.75) is 24.2 Å². The minimum atomic E-state index is -5.02. The summed E-state index contributed by atoms with van der Waals surface area (Å²) in [5, 5.41) is 8.99. The molecule has 21 heavy (non-hydrogen) atoms. The summed E-state index contributed by atoms with van der Waals surface area (Å²) >= 11 is 0. The molecular weight excluding hydrogens is 297 g/mol. The maximum Gasteiger partial charge on any atom is 0.419 e. The summed E-state index contributed by atoms with van der Waals surface area (Å²) in [5.74, 6) is -2.95. The fourth-order valence-corrected chi connectivity index (χ4v) is 2.17. The highest BCUT2D eigenvalue weighted by Gasteiger charge is 2.61. The standard InChI is InChI=1S/C13H8F5NO2/c1-21-11(20)6-2-3-7(13(16,17)18)10(15)9(6)12(5-19)4-8(12)14/h2-3,8H,4H2,1H3/t8-,12+/m1/s1. The normalized spacial score (nSPS) is 24.3. The SMILES string of the molecule is COC(=O)c1ccc(C(F)(F)F)c(F)c1[C@]1(C#N)C[C@H]1F. The van der Waals surface area contributed by atoms with Crippen LogP contribution in [0.4, 0.5) is 22.0 Å². The number of hydrogen-bond donors (Lipinski definition) is 0. The van der Waals surface area contributed by atoms with Crippen molar-refractivity contribution >= 4 is 5.97 Å². The van der Waals surface area contributed by atoms with Gasteiger partial charge in [0, 0.05) is 12.0 Å². The average Bonchev–Trinajstić information content (AvgIpc) is 3.07. The smallest absolute Gasteiger partial charge is 0.419 e. The molecule has 0 aliphatic heterocycles. The van der Waals surface area contributed by atoms with Gasteiger partial charge in [0.1, 0.15) is 17.4 Å². The number of carbonyl (C=O) groups excluding carboxylic acids is 1. The lowest BCUT2D eigenvalue weighted by molar-refractivity contribution is -0.140. The molecule has 0 bridgehead atoms. The number of nitrogens with zero attached hydrogens (tertiary/aromatic N) is 1. The monoisotopic (exact) mass is 305 g/mol. The van der Waals surface area contributed by atoms with E-state index in [-0.39, 0.29) is 0 Å². The van der Waals surface area contributed by atoms with Gasteiger partial charge in [-0.2, -0.15) is 18.4 Å². The summed E-state index contributed by atoms with van der Waals surface area (Å²) in [4.78, 5) is 11.5. The maximum atomic E-state index is 14.2. The maximum absolute atomic E-state index is 14.2. The molecule has 1 aromatic carbocycles. The minimum absolute atomic E-state index is 0.367. The van der Waals surface area contributed by atoms with Gasteiger partial charge in [0.05, 0.1) is 24.3 Å². The molecule has 112 valence electrons. The van der Waals surface area contributed by atoms with Gasteiger partial charge in [-0.3, -0.25) is 0 Å². The first-order chi connectivity index (χ1) is 9.69. The second-order valence-corrected chi connectivity index (χ2v) is 4.59. The molecule has 1 aliphatic rings. The highest BCUT2D eigenvalue weighted by atomic mass is 19.4. The number of methoxy groups -OCH3 is 1. The van der Waals surface area contributed by atoms with E-state index in [1.165, 1.54) is 6.07 Å². The number of halogens is 5. The molecule has 1 saturated carbocycles. The molecule has 0 heterocycles. The number of ether oxygens (including phenoxy) is 1. The lowest BCUT2D eigenvalue weighted by atomic mass is 9.89. The highest BCUT2D eigenvalue weighted by molar-refractivity contribution is 5.92. The Kier molecular flexibility index (Phi) is 3.40. The average molecular weight is 305 g/mol. The summed E-state index contributed by atoms with van der Waals surface area (Å²) in [6.45, 7) is 0. The lowest BCUT2D eigenvalue weighted by Crippen LogP contribution is -2.21. The Morgan fingerprint density at radius 2 is 2.05 bits per heavy atom. The Morgan fingerprint density at radius 1 is 1.48 bits per heavy atom. The molecule has 0 radical (unpaired) electrons. The van der Waals surface area contributed by atoms with E-state index in [9.17, 15) is 26.7 Å². The van der Waals surface area contributed by atoms with E-state index in [1.807, 2.05) is 0 Å². The third kappa shape index (κ3) is 2.22. The Labute approximate surface area is 115 Å². The molecule has 8 heteroatoms. The summed E-state index contributed by atoms with van der Waals surface area (Å²) in [6, 6.07) is 2.53. The van der Waals surface area contributed by atoms with Crippen molar-refractivity contribution in [3.63, 3.8) is 0 Å². The third-order valence-electron chi connectivity index (χ3n) is 3.37. The second kappa shape index (κ2) is 4.69. The molecule has 0 aromatic heterocycles. The lowest BCUT2D eigenvalue weighted by Gasteiger charge is -2.17. The van der Waals surface area contributed by atoms with Crippen LogP contribution in [-0.2, 0) is 16.3 Å². The zero-order valence-corrected chi connectivity index (χ0v) is 10.6. The van der Waals surface area contributed by atoms with E-state index in [1.54, 1.807) is 0 Å². The van der Waals surface area contributed by atoms with Crippen molar-refractivity contribution < 1.29 is 31.5 Å². The topological polar surface area (TPSA) is 50.1 Å². The Balaban J connectivity index is 2.75. The summed E-state index contributed by atoms with van der Waals surface area (Å²) in [6.07, 6.45) is -7.32. The Morgan fingerprint density at radius 3 is 2.43 bits per heavy atom. The summed E-state index contributed by atoms with van der Waals surface area (Å²) < 4.78 is 70.1. The number of alkyl halides is 4. The first kappa shape index (κ1) is 15.2. The summed E-state index contributed by atoms with van der Waals surface area (Å²) in [7, 11) is 0.945. The molecule has 0 unspecified atom stereocenters. The van der Waals surface area contributed by atoms with E-state index in [0.717, 1.165) is 7.11 Å². The Bertz CT molecular complexity index is 649. The first-order valence-electron chi connectivity index (χ1n) is 5.73. The minimum Gasteiger partial charge on any atom is -0.465 e. The summed E-state index contributed by atoms with van der Waals surface area (Å²) in [5.41, 5.74) is -5.20. The molecule has 1 fully saturated rings. The van der Waals surface area contributed by atoms with Gasteiger partial charge in [0.25, 0.3) is 0 Å². The van der Waals surface area contributed by atoms with Crippen LogP contribution in [0.1, 0.15) is 27.9 Å². The van der Waals surface area contributed by atoms with Crippen molar-refractivity contribution in [2.24, 2.45) is 0 Å². The van der Waals surface area contributed by atoms with Crippen molar-refractivity contribution in [3.05, 3.63) is 34.6 Å². The molecule has 0 saturated heterocycles. The van der Waals surface area contributed by atoms with Crippen LogP contribution in [0.25, 0.3) is 0 Å². The molecule has 2 atom stereocenters. The van der Waals surface area contributed by atoms with Crippen LogP contribution in [-0.4, -0.2) is 19.3 Å². The number of carbonyl (C=O) groups is 1. The van der Waals surface area contributed by atoms with Gasteiger partial charge in [0.2, 0.25) is 0 Å². The van der Waals surface area contributed by atoms with Gasteiger partial charge in [-0.25, -0.2) is 13.6 Å². The van der Waals surface area contributed by atoms with Gasteiger partial charge in [0.15, 0.2) is 0 Å². The van der Waals surface area contributed by atoms with Gasteiger partial charge < -0.3 is 4.74 Å². The fraction of sp³-hybridized carbons (Fsp3) is 0.385. The van der Waals surface area contributed by atoms with Crippen LogP contribution in [0.2, 0.25) is 0 Å². The zero-order chi connectivity index (χ0) is 16.0. The molecular formula is C13H8F5NO2. The van der Waals surface area contributed by atoms with Crippen LogP contribution in [0.5, 0.6) is 0 Å². The molecule has 0 spiro atoms. The van der Waals surface area contributed by atoms with Crippen LogP contribution in [0.15, 0.2) is 12.1 Å². The van der Waals surface area contributed by atoms with E-state index in [4.69, 9.17) is 5.26 Å². The predicted molar refractivity (Wildman–Crippen MR) is 59.5 cm³/mol. The number of benzene rings is 1. The Hall–Kier alpha value is -2.17. The number of hydrogen-bond acceptors (Lipinski definition) is 3. The van der Waals surface area contributed by atoms with Gasteiger partial charge in [-0.05, 0) is 12.1 Å². The molecule has 1 aromatic rings. The van der Waals surface area contributed by atoms with E-state index >= 15 is 0 Å². The molecule has 0 amide bonds. The number of esters is 1. The van der Waals surface area contributed by atoms with Crippen LogP contribution < -0.4 is 0 Å². The largest absolute Gasteiger partial charge is 0.465 e. The predicted octanol–water partition coefficient (Wildman–Crippen LogP) is 3.13. The number of rotatable bonds is 2. The van der Waals surface area contributed by atoms with Crippen molar-refractivity contribution in [3.8, 4) is 6.07 Å². The van der Waals surface area contributed by atoms with Crippen LogP contribution in [0.3, 0.4) is 0 Å². The molecule has 0 N–H and O–H groups in total. The first-order valence-corrected chi connectivity index (χ1v) is 5.73. The van der Waals surface area contributed by atoms with Gasteiger partial charge in [-0.1, -0.05) is 0 Å². The van der Waals surface area contributed by atoms with Gasteiger partial charge in [-0.15, -0.1) is 0 Å². The number of nitriles is 1. The van der Waals surface area contributed by atoms with E-state index in [0.29, 0.717) is 12.1 Å². The van der Waals surface area contributed by atoms with E-state index < -0.39 is 52.7 Å². The van der Waals surface area contributed by atoms with E-state index in [2.05, 4.69) is 4.74 Å². The van der Waals surface area contributed by atoms with Crippen molar-refractivity contribution in [1.82, 2.24) is 0 Å². The highest BCUT2D eigenvalue weighted by Crippen LogP contribution is 2.53. The zero-order valence-electron chi connectivity index (χ0n) is 10.6. The van der Waals surface area contributed by atoms with Crippen molar-refractivity contribution in [1.29, 1.82) is 5.26 Å².